The fourth-order valence-electron chi connectivity index (χ4n) is 4.17. The molecule has 37 heavy (non-hydrogen) atoms. The highest BCUT2D eigenvalue weighted by Crippen LogP contribution is 2.25. The zero-order valence-electron chi connectivity index (χ0n) is 20.5. The number of para-hydroxylation sites is 1. The van der Waals surface area contributed by atoms with E-state index in [1.165, 1.54) is 4.31 Å². The van der Waals surface area contributed by atoms with Crippen LogP contribution in [0.5, 0.6) is 0 Å². The maximum absolute atomic E-state index is 13.5. The van der Waals surface area contributed by atoms with Gasteiger partial charge in [0.15, 0.2) is 0 Å². The molecule has 1 aliphatic rings. The van der Waals surface area contributed by atoms with Gasteiger partial charge in [0.25, 0.3) is 5.89 Å². The fourth-order valence-corrected chi connectivity index (χ4v) is 5.66. The van der Waals surface area contributed by atoms with Gasteiger partial charge in [0.1, 0.15) is 0 Å². The Labute approximate surface area is 214 Å². The van der Waals surface area contributed by atoms with Gasteiger partial charge in [0.05, 0.1) is 18.0 Å². The lowest BCUT2D eigenvalue weighted by molar-refractivity contribution is -0.128. The summed E-state index contributed by atoms with van der Waals surface area (Å²) in [5.41, 5.74) is 1.71. The van der Waals surface area contributed by atoms with Crippen LogP contribution in [0, 0.1) is 0 Å². The molecule has 0 N–H and O–H groups in total. The number of nitrogens with zero attached hydrogens (tertiary/aromatic N) is 5. The smallest absolute Gasteiger partial charge is 0.314 e. The van der Waals surface area contributed by atoms with Crippen molar-refractivity contribution in [1.82, 2.24) is 20.0 Å². The lowest BCUT2D eigenvalue weighted by Crippen LogP contribution is -2.39. The van der Waals surface area contributed by atoms with E-state index in [1.807, 2.05) is 6.07 Å². The summed E-state index contributed by atoms with van der Waals surface area (Å²) in [5, 5.41) is 6.98. The molecule has 0 radical (unpaired) electrons. The number of rotatable bonds is 9. The van der Waals surface area contributed by atoms with Gasteiger partial charge in [-0.25, -0.2) is 8.42 Å². The van der Waals surface area contributed by atoms with Crippen molar-refractivity contribution in [2.45, 2.75) is 26.3 Å². The minimum Gasteiger partial charge on any atom is -0.415 e. The molecular weight excluding hydrogens is 504 g/mol. The second kappa shape index (κ2) is 11.8. The average Bonchev–Trinajstić information content (AvgIpc) is 3.26. The van der Waals surface area contributed by atoms with Gasteiger partial charge in [-0.2, -0.15) is 8.78 Å². The van der Waals surface area contributed by atoms with E-state index in [2.05, 4.69) is 15.1 Å². The van der Waals surface area contributed by atoms with Gasteiger partial charge in [-0.1, -0.05) is 30.3 Å². The molecule has 12 heteroatoms. The van der Waals surface area contributed by atoms with Crippen molar-refractivity contribution in [3.8, 4) is 11.5 Å². The molecule has 0 spiro atoms. The third-order valence-electron chi connectivity index (χ3n) is 6.23. The van der Waals surface area contributed by atoms with Crippen molar-refractivity contribution in [2.24, 2.45) is 0 Å². The molecule has 2 aromatic carbocycles. The van der Waals surface area contributed by atoms with E-state index in [0.29, 0.717) is 43.0 Å². The Morgan fingerprint density at radius 1 is 1.03 bits per heavy atom. The van der Waals surface area contributed by atoms with Gasteiger partial charge in [0, 0.05) is 38.7 Å². The molecule has 1 aliphatic heterocycles. The fraction of sp³-hybridized carbons (Fsp3) is 0.400. The molecule has 4 rings (SSSR count). The number of anilines is 1. The summed E-state index contributed by atoms with van der Waals surface area (Å²) in [7, 11) is -3.70. The summed E-state index contributed by atoms with van der Waals surface area (Å²) in [6.07, 6.45) is -2.06. The molecular formula is C25H29F2N5O4S. The topological polar surface area (TPSA) is 99.9 Å². The molecule has 9 nitrogen and oxygen atoms in total. The first kappa shape index (κ1) is 26.7. The molecule has 0 unspecified atom stereocenters. The van der Waals surface area contributed by atoms with Crippen molar-refractivity contribution in [2.75, 3.05) is 42.8 Å². The molecule has 1 fully saturated rings. The highest BCUT2D eigenvalue weighted by Gasteiger charge is 2.25. The predicted octanol–water partition coefficient (Wildman–Crippen LogP) is 3.56. The number of benzene rings is 2. The first-order valence-electron chi connectivity index (χ1n) is 12.0. The van der Waals surface area contributed by atoms with Crippen LogP contribution >= 0.6 is 0 Å². The van der Waals surface area contributed by atoms with Crippen LogP contribution in [0.15, 0.2) is 59.0 Å². The van der Waals surface area contributed by atoms with E-state index in [0.717, 1.165) is 13.0 Å². The van der Waals surface area contributed by atoms with Crippen LogP contribution in [-0.4, -0.2) is 72.8 Å². The Balaban J connectivity index is 1.47. The van der Waals surface area contributed by atoms with Crippen LogP contribution in [-0.2, 0) is 21.4 Å². The second-order valence-electron chi connectivity index (χ2n) is 8.80. The minimum atomic E-state index is -3.70. The summed E-state index contributed by atoms with van der Waals surface area (Å²) in [5.74, 6) is -0.823. The molecule has 0 saturated carbocycles. The molecule has 0 atom stereocenters. The number of halogens is 2. The van der Waals surface area contributed by atoms with Crippen LogP contribution in [0.4, 0.5) is 14.5 Å². The van der Waals surface area contributed by atoms with Crippen molar-refractivity contribution >= 4 is 21.6 Å². The zero-order chi connectivity index (χ0) is 26.4. The molecule has 1 saturated heterocycles. The maximum Gasteiger partial charge on any atom is 0.314 e. The highest BCUT2D eigenvalue weighted by molar-refractivity contribution is 7.92. The zero-order valence-corrected chi connectivity index (χ0v) is 21.3. The van der Waals surface area contributed by atoms with E-state index >= 15 is 0 Å². The summed E-state index contributed by atoms with van der Waals surface area (Å²) in [4.78, 5) is 15.6. The molecule has 1 amide bonds. The summed E-state index contributed by atoms with van der Waals surface area (Å²) in [6.45, 7) is 4.63. The Morgan fingerprint density at radius 2 is 1.76 bits per heavy atom. The third-order valence-corrected chi connectivity index (χ3v) is 7.94. The van der Waals surface area contributed by atoms with Crippen molar-refractivity contribution in [1.29, 1.82) is 0 Å². The molecule has 1 aromatic heterocycles. The highest BCUT2D eigenvalue weighted by atomic mass is 32.2. The van der Waals surface area contributed by atoms with E-state index in [1.54, 1.807) is 60.4 Å². The van der Waals surface area contributed by atoms with Crippen LogP contribution in [0.25, 0.3) is 11.5 Å². The lowest BCUT2D eigenvalue weighted by atomic mass is 10.1. The Hall–Kier alpha value is -3.38. The predicted molar refractivity (Wildman–Crippen MR) is 134 cm³/mol. The molecule has 0 bridgehead atoms. The van der Waals surface area contributed by atoms with E-state index in [9.17, 15) is 22.0 Å². The van der Waals surface area contributed by atoms with Crippen molar-refractivity contribution in [3.63, 3.8) is 0 Å². The number of carbonyl (C=O) groups is 1. The molecule has 2 heterocycles. The molecule has 3 aromatic rings. The van der Waals surface area contributed by atoms with E-state index < -0.39 is 22.3 Å². The average molecular weight is 534 g/mol. The van der Waals surface area contributed by atoms with Gasteiger partial charge in [0.2, 0.25) is 21.8 Å². The molecule has 0 aliphatic carbocycles. The Kier molecular flexibility index (Phi) is 8.49. The minimum absolute atomic E-state index is 0.0318. The number of sulfonamides is 1. The van der Waals surface area contributed by atoms with E-state index in [4.69, 9.17) is 4.42 Å². The Morgan fingerprint density at radius 3 is 2.41 bits per heavy atom. The van der Waals surface area contributed by atoms with Crippen LogP contribution in [0.1, 0.15) is 31.2 Å². The Bertz CT molecular complexity index is 1290. The van der Waals surface area contributed by atoms with Crippen LogP contribution in [0.3, 0.4) is 0 Å². The van der Waals surface area contributed by atoms with Gasteiger partial charge in [-0.15, -0.1) is 10.2 Å². The summed E-state index contributed by atoms with van der Waals surface area (Å²) < 4.78 is 58.9. The van der Waals surface area contributed by atoms with Gasteiger partial charge >= 0.3 is 6.43 Å². The van der Waals surface area contributed by atoms with Gasteiger partial charge < -0.3 is 14.2 Å². The van der Waals surface area contributed by atoms with Crippen LogP contribution < -0.4 is 4.31 Å². The van der Waals surface area contributed by atoms with Crippen molar-refractivity contribution in [3.05, 3.63) is 66.1 Å². The monoisotopic (exact) mass is 533 g/mol. The van der Waals surface area contributed by atoms with Crippen LogP contribution in [0.2, 0.25) is 0 Å². The largest absolute Gasteiger partial charge is 0.415 e. The number of hydrogen-bond acceptors (Lipinski definition) is 7. The van der Waals surface area contributed by atoms with E-state index in [-0.39, 0.29) is 24.1 Å². The number of carbonyl (C=O) groups excluding carboxylic acids is 1. The third kappa shape index (κ3) is 6.89. The number of aromatic nitrogens is 2. The normalized spacial score (nSPS) is 15.1. The standard InChI is InChI=1S/C25H29F2N5O4S/c1-19(33)31-13-5-12-30(14-15-31)16-17-37(34,35)32(22-6-3-2-4-7-22)18-20-8-10-21(11-9-20)24-28-29-25(36-24)23(26)27/h2-4,6-11,23H,5,12-18H2,1H3. The number of amides is 1. The lowest BCUT2D eigenvalue weighted by Gasteiger charge is -2.27. The first-order valence-corrected chi connectivity index (χ1v) is 13.6. The molecule has 198 valence electrons. The summed E-state index contributed by atoms with van der Waals surface area (Å²) in [6, 6.07) is 15.5. The number of hydrogen-bond donors (Lipinski definition) is 0. The summed E-state index contributed by atoms with van der Waals surface area (Å²) >= 11 is 0. The van der Waals surface area contributed by atoms with Gasteiger partial charge in [-0.3, -0.25) is 9.10 Å². The van der Waals surface area contributed by atoms with Crippen molar-refractivity contribution < 1.29 is 26.4 Å². The van der Waals surface area contributed by atoms with Gasteiger partial charge in [-0.05, 0) is 42.8 Å². The second-order valence-corrected chi connectivity index (χ2v) is 10.8. The first-order chi connectivity index (χ1) is 17.7. The quantitative estimate of drug-likeness (QED) is 0.415. The number of alkyl halides is 2. The maximum atomic E-state index is 13.5. The SMILES string of the molecule is CC(=O)N1CCCN(CCS(=O)(=O)N(Cc2ccc(-c3nnc(C(F)F)o3)cc2)c2ccccc2)CC1.